The molecule has 0 aromatic rings. The third-order valence-corrected chi connectivity index (χ3v) is 2.72. The Morgan fingerprint density at radius 2 is 2.29 bits per heavy atom. The van der Waals surface area contributed by atoms with E-state index in [0.717, 1.165) is 18.4 Å². The first-order chi connectivity index (χ1) is 6.69. The van der Waals surface area contributed by atoms with Gasteiger partial charge in [0.25, 0.3) is 0 Å². The molecule has 3 nitrogen and oxygen atoms in total. The molecule has 0 radical (unpaired) electrons. The number of carbonyl (C=O) groups is 1. The maximum absolute atomic E-state index is 11.2. The number of ketones is 1. The van der Waals surface area contributed by atoms with Crippen molar-refractivity contribution in [1.29, 1.82) is 0 Å². The van der Waals surface area contributed by atoms with E-state index in [1.807, 2.05) is 6.08 Å². The summed E-state index contributed by atoms with van der Waals surface area (Å²) in [5.41, 5.74) is 0.901. The van der Waals surface area contributed by atoms with E-state index in [2.05, 4.69) is 0 Å². The highest BCUT2D eigenvalue weighted by atomic mass is 16.5. The molecule has 0 heterocycles. The average molecular weight is 198 g/mol. The summed E-state index contributed by atoms with van der Waals surface area (Å²) in [5.74, 6) is 0.491. The summed E-state index contributed by atoms with van der Waals surface area (Å²) in [6, 6.07) is 0. The predicted octanol–water partition coefficient (Wildman–Crippen LogP) is 1.57. The molecule has 0 aromatic carbocycles. The Labute approximate surface area is 85.1 Å². The van der Waals surface area contributed by atoms with Crippen LogP contribution in [0.4, 0.5) is 0 Å². The standard InChI is InChI=1S/C11H18O3/c1-8(12)10-6-9(4-5-13-2)11(7-10)14-3/h6,9,11H,4-5,7H2,1-3H3/t9-,11+/m1/s1. The molecular formula is C11H18O3. The van der Waals surface area contributed by atoms with Crippen LogP contribution in [-0.4, -0.2) is 32.7 Å². The fourth-order valence-corrected chi connectivity index (χ4v) is 1.84. The molecule has 3 heteroatoms. The maximum Gasteiger partial charge on any atom is 0.155 e. The molecule has 14 heavy (non-hydrogen) atoms. The number of hydrogen-bond acceptors (Lipinski definition) is 3. The van der Waals surface area contributed by atoms with Crippen LogP contribution in [0, 0.1) is 5.92 Å². The molecule has 1 aliphatic carbocycles. The van der Waals surface area contributed by atoms with E-state index in [9.17, 15) is 4.79 Å². The van der Waals surface area contributed by atoms with Gasteiger partial charge < -0.3 is 9.47 Å². The molecule has 0 fully saturated rings. The second-order valence-electron chi connectivity index (χ2n) is 3.67. The number of rotatable bonds is 5. The van der Waals surface area contributed by atoms with E-state index >= 15 is 0 Å². The molecule has 80 valence electrons. The van der Waals surface area contributed by atoms with E-state index in [0.29, 0.717) is 12.5 Å². The molecule has 0 unspecified atom stereocenters. The Hall–Kier alpha value is -0.670. The van der Waals surface area contributed by atoms with E-state index in [1.54, 1.807) is 21.1 Å². The van der Waals surface area contributed by atoms with Gasteiger partial charge in [0.15, 0.2) is 5.78 Å². The molecule has 0 amide bonds. The number of ether oxygens (including phenoxy) is 2. The fraction of sp³-hybridized carbons (Fsp3) is 0.727. The van der Waals surface area contributed by atoms with Crippen molar-refractivity contribution in [3.63, 3.8) is 0 Å². The third-order valence-electron chi connectivity index (χ3n) is 2.72. The van der Waals surface area contributed by atoms with E-state index < -0.39 is 0 Å². The van der Waals surface area contributed by atoms with Gasteiger partial charge in [0.2, 0.25) is 0 Å². The quantitative estimate of drug-likeness (QED) is 0.672. The molecule has 0 saturated heterocycles. The largest absolute Gasteiger partial charge is 0.385 e. The zero-order chi connectivity index (χ0) is 10.6. The van der Waals surface area contributed by atoms with Crippen LogP contribution in [0.1, 0.15) is 19.8 Å². The number of carbonyl (C=O) groups excluding carboxylic acids is 1. The van der Waals surface area contributed by atoms with E-state index in [4.69, 9.17) is 9.47 Å². The van der Waals surface area contributed by atoms with Crippen molar-refractivity contribution in [2.45, 2.75) is 25.9 Å². The van der Waals surface area contributed by atoms with Crippen molar-refractivity contribution in [3.05, 3.63) is 11.6 Å². The van der Waals surface area contributed by atoms with E-state index in [-0.39, 0.29) is 11.9 Å². The Kier molecular flexibility index (Phi) is 4.29. The summed E-state index contributed by atoms with van der Waals surface area (Å²) >= 11 is 0. The summed E-state index contributed by atoms with van der Waals surface area (Å²) in [7, 11) is 3.38. The summed E-state index contributed by atoms with van der Waals surface area (Å²) in [6.45, 7) is 2.32. The Balaban J connectivity index is 2.56. The lowest BCUT2D eigenvalue weighted by Crippen LogP contribution is -2.18. The third kappa shape index (κ3) is 2.66. The van der Waals surface area contributed by atoms with Crippen LogP contribution in [0.25, 0.3) is 0 Å². The minimum absolute atomic E-state index is 0.157. The Bertz CT molecular complexity index is 233. The number of methoxy groups -OCH3 is 2. The normalized spacial score (nSPS) is 26.4. The first-order valence-electron chi connectivity index (χ1n) is 4.92. The summed E-state index contributed by atoms with van der Waals surface area (Å²) in [5, 5.41) is 0. The lowest BCUT2D eigenvalue weighted by Gasteiger charge is -2.16. The molecule has 0 saturated carbocycles. The molecule has 0 aromatic heterocycles. The summed E-state index contributed by atoms with van der Waals surface area (Å²) < 4.78 is 10.4. The fourth-order valence-electron chi connectivity index (χ4n) is 1.84. The van der Waals surface area contributed by atoms with Crippen LogP contribution in [0.2, 0.25) is 0 Å². The second-order valence-corrected chi connectivity index (χ2v) is 3.67. The van der Waals surface area contributed by atoms with Gasteiger partial charge in [0, 0.05) is 33.2 Å². The molecule has 0 aliphatic heterocycles. The van der Waals surface area contributed by atoms with Crippen molar-refractivity contribution < 1.29 is 14.3 Å². The van der Waals surface area contributed by atoms with Crippen molar-refractivity contribution in [2.24, 2.45) is 5.92 Å². The monoisotopic (exact) mass is 198 g/mol. The van der Waals surface area contributed by atoms with Crippen LogP contribution < -0.4 is 0 Å². The van der Waals surface area contributed by atoms with Crippen LogP contribution >= 0.6 is 0 Å². The van der Waals surface area contributed by atoms with Crippen LogP contribution in [0.5, 0.6) is 0 Å². The highest BCUT2D eigenvalue weighted by Gasteiger charge is 2.28. The molecule has 0 bridgehead atoms. The average Bonchev–Trinajstić information content (AvgIpc) is 2.57. The SMILES string of the molecule is COCC[C@@H]1C=C(C(C)=O)C[C@@H]1OC. The first kappa shape index (κ1) is 11.4. The van der Waals surface area contributed by atoms with Crippen LogP contribution in [0.3, 0.4) is 0 Å². The highest BCUT2D eigenvalue weighted by molar-refractivity contribution is 5.93. The van der Waals surface area contributed by atoms with Crippen molar-refractivity contribution >= 4 is 5.78 Å². The lowest BCUT2D eigenvalue weighted by atomic mass is 10.0. The van der Waals surface area contributed by atoms with Gasteiger partial charge in [-0.1, -0.05) is 6.08 Å². The van der Waals surface area contributed by atoms with Crippen LogP contribution in [-0.2, 0) is 14.3 Å². The lowest BCUT2D eigenvalue weighted by molar-refractivity contribution is -0.113. The topological polar surface area (TPSA) is 35.5 Å². The first-order valence-corrected chi connectivity index (χ1v) is 4.92. The maximum atomic E-state index is 11.2. The zero-order valence-electron chi connectivity index (χ0n) is 9.08. The smallest absolute Gasteiger partial charge is 0.155 e. The second kappa shape index (κ2) is 5.27. The number of Topliss-reactive ketones (excluding diaryl/α,β-unsaturated/α-hetero) is 1. The van der Waals surface area contributed by atoms with Crippen LogP contribution in [0.15, 0.2) is 11.6 Å². The van der Waals surface area contributed by atoms with Gasteiger partial charge in [-0.2, -0.15) is 0 Å². The van der Waals surface area contributed by atoms with Gasteiger partial charge >= 0.3 is 0 Å². The minimum atomic E-state index is 0.157. The van der Waals surface area contributed by atoms with Crippen molar-refractivity contribution in [1.82, 2.24) is 0 Å². The summed E-state index contributed by atoms with van der Waals surface area (Å²) in [6.07, 6.45) is 3.87. The minimum Gasteiger partial charge on any atom is -0.385 e. The number of hydrogen-bond donors (Lipinski definition) is 0. The molecule has 1 aliphatic rings. The molecule has 0 N–H and O–H groups in total. The van der Waals surface area contributed by atoms with Crippen molar-refractivity contribution in [3.8, 4) is 0 Å². The summed E-state index contributed by atoms with van der Waals surface area (Å²) in [4.78, 5) is 11.2. The highest BCUT2D eigenvalue weighted by Crippen LogP contribution is 2.29. The Morgan fingerprint density at radius 3 is 2.79 bits per heavy atom. The zero-order valence-corrected chi connectivity index (χ0v) is 9.08. The van der Waals surface area contributed by atoms with Gasteiger partial charge in [-0.3, -0.25) is 4.79 Å². The molecular weight excluding hydrogens is 180 g/mol. The van der Waals surface area contributed by atoms with Gasteiger partial charge in [0.1, 0.15) is 0 Å². The van der Waals surface area contributed by atoms with Gasteiger partial charge in [-0.15, -0.1) is 0 Å². The van der Waals surface area contributed by atoms with Crippen molar-refractivity contribution in [2.75, 3.05) is 20.8 Å². The van der Waals surface area contributed by atoms with Gasteiger partial charge in [0.05, 0.1) is 6.10 Å². The Morgan fingerprint density at radius 1 is 1.57 bits per heavy atom. The predicted molar refractivity (Wildman–Crippen MR) is 54.2 cm³/mol. The molecule has 2 atom stereocenters. The van der Waals surface area contributed by atoms with E-state index in [1.165, 1.54) is 0 Å². The van der Waals surface area contributed by atoms with Gasteiger partial charge in [-0.25, -0.2) is 0 Å². The molecule has 1 rings (SSSR count). The van der Waals surface area contributed by atoms with Gasteiger partial charge in [-0.05, 0) is 18.9 Å². The molecule has 0 spiro atoms.